The number of ether oxygens (including phenoxy) is 4. The van der Waals surface area contributed by atoms with Crippen molar-refractivity contribution in [1.82, 2.24) is 19.8 Å². The van der Waals surface area contributed by atoms with Crippen LogP contribution in [-0.2, 0) is 0 Å². The van der Waals surface area contributed by atoms with Crippen molar-refractivity contribution < 1.29 is 28.2 Å². The molecule has 5 rings (SSSR count). The predicted octanol–water partition coefficient (Wildman–Crippen LogP) is 4.34. The average molecular weight is 683 g/mol. The van der Waals surface area contributed by atoms with Crippen LogP contribution >= 0.6 is 0 Å². The Balaban J connectivity index is 1.28. The number of methoxy groups -OCH3 is 3. The molecular formula is C33H50N6O6Si2. The van der Waals surface area contributed by atoms with Crippen LogP contribution in [-0.4, -0.2) is 109 Å². The molecule has 47 heavy (non-hydrogen) atoms. The van der Waals surface area contributed by atoms with Gasteiger partial charge in [-0.1, -0.05) is 48.6 Å². The zero-order valence-electron chi connectivity index (χ0n) is 29.3. The van der Waals surface area contributed by atoms with Gasteiger partial charge in [-0.3, -0.25) is 4.79 Å². The Kier molecular flexibility index (Phi) is 10.5. The highest BCUT2D eigenvalue weighted by atomic mass is 28.3. The van der Waals surface area contributed by atoms with Gasteiger partial charge in [0.15, 0.2) is 22.9 Å². The van der Waals surface area contributed by atoms with Crippen molar-refractivity contribution in [2.24, 2.45) is 0 Å². The Morgan fingerprint density at radius 2 is 1.62 bits per heavy atom. The fourth-order valence-electron chi connectivity index (χ4n) is 6.59. The molecule has 256 valence electrons. The SMILES string of the molecule is COc1cc2c(c(C)c1Oc1ccc(C(=O)Nc3c(OC)nc(NCCCN4CCN(C)CC4)nc3OC)o1)[Si](C)(C)CC[Si]2(C)C. The van der Waals surface area contributed by atoms with E-state index in [-0.39, 0.29) is 29.2 Å². The summed E-state index contributed by atoms with van der Waals surface area (Å²) in [5.74, 6) is 1.71. The summed E-state index contributed by atoms with van der Waals surface area (Å²) in [6, 6.07) is 7.93. The van der Waals surface area contributed by atoms with Gasteiger partial charge in [0.05, 0.1) is 37.5 Å². The fourth-order valence-corrected chi connectivity index (χ4v) is 17.5. The van der Waals surface area contributed by atoms with Gasteiger partial charge < -0.3 is 43.8 Å². The first-order valence-corrected chi connectivity index (χ1v) is 22.7. The van der Waals surface area contributed by atoms with Gasteiger partial charge in [-0.05, 0) is 44.6 Å². The standard InChI is InChI=1S/C33H50N6O6Si2/c1-22-28(24(41-3)21-25-29(22)47(8,9)20-19-46(25,6)7)45-26-12-11-23(44-26)30(40)35-27-31(42-4)36-33(37-32(27)43-5)34-13-10-14-39-17-15-38(2)16-18-39/h11-12,21H,10,13-20H2,1-9H3,(H,35,40)(H,34,36,37). The van der Waals surface area contributed by atoms with Crippen LogP contribution in [0.25, 0.3) is 0 Å². The van der Waals surface area contributed by atoms with Gasteiger partial charge in [-0.25, -0.2) is 0 Å². The number of carbonyl (C=O) groups excluding carboxylic acids is 1. The summed E-state index contributed by atoms with van der Waals surface area (Å²) in [5.41, 5.74) is 1.30. The Hall–Kier alpha value is -3.60. The maximum atomic E-state index is 13.4. The van der Waals surface area contributed by atoms with E-state index in [0.29, 0.717) is 24.0 Å². The fraction of sp³-hybridized carbons (Fsp3) is 0.545. The summed E-state index contributed by atoms with van der Waals surface area (Å²) in [6.45, 7) is 17.9. The lowest BCUT2D eigenvalue weighted by Gasteiger charge is -2.41. The molecule has 2 aromatic heterocycles. The molecule has 1 saturated heterocycles. The maximum Gasteiger partial charge on any atom is 0.291 e. The molecule has 12 nitrogen and oxygen atoms in total. The highest BCUT2D eigenvalue weighted by Crippen LogP contribution is 2.39. The van der Waals surface area contributed by atoms with E-state index in [1.165, 1.54) is 36.7 Å². The zero-order valence-corrected chi connectivity index (χ0v) is 31.3. The minimum absolute atomic E-state index is 0.0491. The van der Waals surface area contributed by atoms with Crippen molar-refractivity contribution in [3.63, 3.8) is 0 Å². The Labute approximate surface area is 280 Å². The Morgan fingerprint density at radius 3 is 2.26 bits per heavy atom. The van der Waals surface area contributed by atoms with Gasteiger partial charge >= 0.3 is 0 Å². The molecule has 0 aliphatic carbocycles. The molecule has 1 fully saturated rings. The molecule has 3 aromatic rings. The topological polar surface area (TPSA) is 123 Å². The summed E-state index contributed by atoms with van der Waals surface area (Å²) in [4.78, 5) is 27.1. The number of hydrogen-bond donors (Lipinski definition) is 2. The van der Waals surface area contributed by atoms with Crippen LogP contribution in [0, 0.1) is 6.92 Å². The smallest absolute Gasteiger partial charge is 0.291 e. The van der Waals surface area contributed by atoms with Crippen molar-refractivity contribution in [3.05, 3.63) is 29.5 Å². The summed E-state index contributed by atoms with van der Waals surface area (Å²) in [7, 11) is 3.52. The Morgan fingerprint density at radius 1 is 0.957 bits per heavy atom. The first-order valence-electron chi connectivity index (χ1n) is 16.3. The lowest BCUT2D eigenvalue weighted by Crippen LogP contribution is -2.64. The lowest BCUT2D eigenvalue weighted by molar-refractivity contribution is 0.0990. The van der Waals surface area contributed by atoms with Crippen molar-refractivity contribution in [1.29, 1.82) is 0 Å². The number of benzene rings is 1. The third-order valence-corrected chi connectivity index (χ3v) is 17.1. The van der Waals surface area contributed by atoms with Gasteiger partial charge in [0.2, 0.25) is 17.7 Å². The van der Waals surface area contributed by atoms with Crippen LogP contribution in [0.1, 0.15) is 22.5 Å². The molecule has 0 bridgehead atoms. The maximum absolute atomic E-state index is 13.4. The number of carbonyl (C=O) groups is 1. The highest BCUT2D eigenvalue weighted by molar-refractivity contribution is 7.03. The van der Waals surface area contributed by atoms with Gasteiger partial charge in [0.25, 0.3) is 11.9 Å². The third kappa shape index (κ3) is 7.61. The number of piperazine rings is 1. The van der Waals surface area contributed by atoms with E-state index in [0.717, 1.165) is 44.7 Å². The molecule has 2 N–H and O–H groups in total. The molecule has 0 unspecified atom stereocenters. The number of nitrogens with zero attached hydrogens (tertiary/aromatic N) is 4. The van der Waals surface area contributed by atoms with Gasteiger partial charge in [-0.15, -0.1) is 0 Å². The minimum Gasteiger partial charge on any atom is -0.493 e. The van der Waals surface area contributed by atoms with Crippen molar-refractivity contribution >= 4 is 44.1 Å². The summed E-state index contributed by atoms with van der Waals surface area (Å²) in [6.07, 6.45) is 0.940. The highest BCUT2D eigenvalue weighted by Gasteiger charge is 2.42. The minimum atomic E-state index is -1.67. The molecule has 0 spiro atoms. The van der Waals surface area contributed by atoms with Crippen molar-refractivity contribution in [2.75, 3.05) is 78.3 Å². The van der Waals surface area contributed by atoms with Gasteiger partial charge in [0, 0.05) is 38.8 Å². The normalized spacial score (nSPS) is 17.5. The second kappa shape index (κ2) is 14.3. The molecule has 2 aliphatic heterocycles. The van der Waals surface area contributed by atoms with E-state index in [9.17, 15) is 4.79 Å². The largest absolute Gasteiger partial charge is 0.493 e. The number of anilines is 2. The average Bonchev–Trinajstić information content (AvgIpc) is 3.52. The van der Waals surface area contributed by atoms with E-state index in [1.807, 2.05) is 0 Å². The van der Waals surface area contributed by atoms with Crippen molar-refractivity contribution in [2.45, 2.75) is 51.6 Å². The molecule has 14 heteroatoms. The number of likely N-dealkylation sites (N-methyl/N-ethyl adjacent to an activating group) is 1. The van der Waals surface area contributed by atoms with E-state index in [4.69, 9.17) is 23.4 Å². The zero-order chi connectivity index (χ0) is 33.9. The Bertz CT molecular complexity index is 1560. The van der Waals surface area contributed by atoms with Gasteiger partial charge in [0.1, 0.15) is 0 Å². The number of rotatable bonds is 12. The van der Waals surface area contributed by atoms with E-state index < -0.39 is 22.1 Å². The quantitative estimate of drug-likeness (QED) is 0.210. The van der Waals surface area contributed by atoms with Crippen molar-refractivity contribution in [3.8, 4) is 29.2 Å². The van der Waals surface area contributed by atoms with E-state index in [2.05, 4.69) is 76.6 Å². The summed E-state index contributed by atoms with van der Waals surface area (Å²) < 4.78 is 29.1. The summed E-state index contributed by atoms with van der Waals surface area (Å²) in [5, 5.41) is 8.98. The van der Waals surface area contributed by atoms with Crippen LogP contribution in [0.4, 0.5) is 11.6 Å². The molecule has 0 atom stereocenters. The third-order valence-electron chi connectivity index (χ3n) is 9.49. The number of furan rings is 1. The van der Waals surface area contributed by atoms with Gasteiger partial charge in [-0.2, -0.15) is 9.97 Å². The number of fused-ring (bicyclic) bond motifs is 1. The number of aromatic nitrogens is 2. The number of hydrogen-bond acceptors (Lipinski definition) is 11. The first-order chi connectivity index (χ1) is 22.4. The number of amides is 1. The molecule has 1 amide bonds. The lowest BCUT2D eigenvalue weighted by atomic mass is 10.2. The predicted molar refractivity (Wildman–Crippen MR) is 190 cm³/mol. The second-order valence-corrected chi connectivity index (χ2v) is 23.3. The van der Waals surface area contributed by atoms with Crippen LogP contribution in [0.15, 0.2) is 22.6 Å². The molecule has 2 aliphatic rings. The molecule has 4 heterocycles. The van der Waals surface area contributed by atoms with E-state index >= 15 is 0 Å². The number of nitrogens with one attached hydrogen (secondary N) is 2. The molecule has 1 aromatic carbocycles. The monoisotopic (exact) mass is 682 g/mol. The molecule has 0 radical (unpaired) electrons. The van der Waals surface area contributed by atoms with Crippen LogP contribution in [0.3, 0.4) is 0 Å². The molecule has 0 saturated carbocycles. The first kappa shape index (κ1) is 34.7. The van der Waals surface area contributed by atoms with Crippen LogP contribution in [0.2, 0.25) is 38.3 Å². The van der Waals surface area contributed by atoms with E-state index in [1.54, 1.807) is 19.2 Å². The van der Waals surface area contributed by atoms with Crippen LogP contribution < -0.4 is 40.0 Å². The summed E-state index contributed by atoms with van der Waals surface area (Å²) >= 11 is 0. The second-order valence-electron chi connectivity index (χ2n) is 13.8. The van der Waals surface area contributed by atoms with Crippen LogP contribution in [0.5, 0.6) is 29.2 Å². The molecular weight excluding hydrogens is 633 g/mol.